The lowest BCUT2D eigenvalue weighted by Crippen LogP contribution is -2.28. The molecule has 0 fully saturated rings. The van der Waals surface area contributed by atoms with Crippen molar-refractivity contribution in [1.82, 2.24) is 14.9 Å². The van der Waals surface area contributed by atoms with E-state index in [1.54, 1.807) is 0 Å². The molecule has 1 aromatic heterocycles. The highest BCUT2D eigenvalue weighted by Gasteiger charge is 2.19. The molecule has 0 saturated heterocycles. The van der Waals surface area contributed by atoms with Crippen molar-refractivity contribution in [3.8, 4) is 0 Å². The summed E-state index contributed by atoms with van der Waals surface area (Å²) < 4.78 is 0. The van der Waals surface area contributed by atoms with Crippen molar-refractivity contribution < 1.29 is 0 Å². The largest absolute Gasteiger partial charge is 0.302 e. The van der Waals surface area contributed by atoms with E-state index in [9.17, 15) is 0 Å². The number of rotatable bonds is 6. The summed E-state index contributed by atoms with van der Waals surface area (Å²) >= 11 is 1.86. The first-order valence-electron chi connectivity index (χ1n) is 7.10. The summed E-state index contributed by atoms with van der Waals surface area (Å²) in [6.07, 6.45) is 12.0. The van der Waals surface area contributed by atoms with Crippen molar-refractivity contribution in [2.24, 2.45) is 0 Å². The summed E-state index contributed by atoms with van der Waals surface area (Å²) in [4.78, 5) is 11.4. The fraction of sp³-hybridized carbons (Fsp3) is 0.600. The molecule has 1 aliphatic heterocycles. The van der Waals surface area contributed by atoms with Crippen molar-refractivity contribution >= 4 is 11.8 Å². The van der Waals surface area contributed by atoms with Crippen LogP contribution < -0.4 is 0 Å². The minimum absolute atomic E-state index is 0.390. The van der Waals surface area contributed by atoms with Crippen LogP contribution in [0.1, 0.15) is 37.8 Å². The molecule has 0 bridgehead atoms. The van der Waals surface area contributed by atoms with Gasteiger partial charge >= 0.3 is 0 Å². The summed E-state index contributed by atoms with van der Waals surface area (Å²) in [5.41, 5.74) is 1.15. The third-order valence-corrected chi connectivity index (χ3v) is 4.40. The number of hydrogen-bond donors (Lipinski definition) is 0. The lowest BCUT2D eigenvalue weighted by atomic mass is 10.0. The molecule has 1 aliphatic rings. The fourth-order valence-corrected chi connectivity index (χ4v) is 3.31. The zero-order valence-corrected chi connectivity index (χ0v) is 12.7. The predicted octanol–water partition coefficient (Wildman–Crippen LogP) is 3.34. The summed E-state index contributed by atoms with van der Waals surface area (Å²) in [5.74, 6) is 1.53. The minimum atomic E-state index is 0.390. The molecule has 1 unspecified atom stereocenters. The van der Waals surface area contributed by atoms with Crippen LogP contribution in [0.25, 0.3) is 0 Å². The van der Waals surface area contributed by atoms with Crippen molar-refractivity contribution in [3.63, 3.8) is 0 Å². The van der Waals surface area contributed by atoms with Gasteiger partial charge in [0.05, 0.1) is 5.69 Å². The Kier molecular flexibility index (Phi) is 5.86. The molecule has 0 aliphatic carbocycles. The lowest BCUT2D eigenvalue weighted by Gasteiger charge is -2.25. The molecule has 0 saturated carbocycles. The van der Waals surface area contributed by atoms with Crippen molar-refractivity contribution in [2.45, 2.75) is 37.1 Å². The second-order valence-electron chi connectivity index (χ2n) is 5.06. The number of nitrogens with zero attached hydrogens (tertiary/aromatic N) is 3. The van der Waals surface area contributed by atoms with Crippen molar-refractivity contribution in [2.75, 3.05) is 25.9 Å². The third-order valence-electron chi connectivity index (χ3n) is 3.32. The van der Waals surface area contributed by atoms with Crippen LogP contribution in [0.15, 0.2) is 29.6 Å². The van der Waals surface area contributed by atoms with E-state index in [2.05, 4.69) is 41.0 Å². The first-order valence-corrected chi connectivity index (χ1v) is 8.08. The van der Waals surface area contributed by atoms with Crippen LogP contribution >= 0.6 is 11.8 Å². The Balaban J connectivity index is 2.03. The fourth-order valence-electron chi connectivity index (χ4n) is 2.28. The number of unbranched alkanes of at least 4 members (excludes halogenated alkanes) is 2. The Hall–Kier alpha value is -0.870. The molecule has 2 heterocycles. The molecule has 1 atom stereocenters. The highest BCUT2D eigenvalue weighted by atomic mass is 32.2. The highest BCUT2D eigenvalue weighted by Crippen LogP contribution is 2.28. The molecule has 3 nitrogen and oxygen atoms in total. The van der Waals surface area contributed by atoms with Crippen LogP contribution in [0, 0.1) is 0 Å². The van der Waals surface area contributed by atoms with Crippen LogP contribution in [0.2, 0.25) is 0 Å². The quantitative estimate of drug-likeness (QED) is 0.453. The topological polar surface area (TPSA) is 29.0 Å². The van der Waals surface area contributed by atoms with Gasteiger partial charge in [-0.25, -0.2) is 4.98 Å². The highest BCUT2D eigenvalue weighted by molar-refractivity contribution is 7.99. The van der Waals surface area contributed by atoms with Gasteiger partial charge in [-0.1, -0.05) is 31.9 Å². The number of hydrogen-bond acceptors (Lipinski definition) is 4. The second kappa shape index (κ2) is 7.65. The molecule has 0 spiro atoms. The van der Waals surface area contributed by atoms with Gasteiger partial charge in [-0.3, -0.25) is 4.98 Å². The monoisotopic (exact) mass is 277 g/mol. The summed E-state index contributed by atoms with van der Waals surface area (Å²) in [6, 6.07) is 0. The Bertz CT molecular complexity index is 420. The van der Waals surface area contributed by atoms with Gasteiger partial charge in [-0.15, -0.1) is 11.8 Å². The Morgan fingerprint density at radius 1 is 1.32 bits per heavy atom. The van der Waals surface area contributed by atoms with Gasteiger partial charge in [0.25, 0.3) is 0 Å². The number of thioether (sulfide) groups is 1. The van der Waals surface area contributed by atoms with Gasteiger partial charge < -0.3 is 4.90 Å². The van der Waals surface area contributed by atoms with Gasteiger partial charge in [-0.2, -0.15) is 0 Å². The van der Waals surface area contributed by atoms with E-state index < -0.39 is 0 Å². The molecular formula is C15H23N3S. The maximum Gasteiger partial charge on any atom is 0.118 e. The van der Waals surface area contributed by atoms with Crippen LogP contribution in [0.5, 0.6) is 0 Å². The predicted molar refractivity (Wildman–Crippen MR) is 81.7 cm³/mol. The van der Waals surface area contributed by atoms with Crippen LogP contribution in [0.4, 0.5) is 0 Å². The van der Waals surface area contributed by atoms with E-state index >= 15 is 0 Å². The first-order chi connectivity index (χ1) is 9.31. The first kappa shape index (κ1) is 14.5. The van der Waals surface area contributed by atoms with Crippen molar-refractivity contribution in [1.29, 1.82) is 0 Å². The zero-order valence-electron chi connectivity index (χ0n) is 11.9. The van der Waals surface area contributed by atoms with Crippen molar-refractivity contribution in [3.05, 3.63) is 30.2 Å². The normalized spacial score (nSPS) is 19.8. The van der Waals surface area contributed by atoms with E-state index in [4.69, 9.17) is 0 Å². The average molecular weight is 277 g/mol. The Morgan fingerprint density at radius 2 is 2.16 bits per heavy atom. The van der Waals surface area contributed by atoms with Gasteiger partial charge in [0.2, 0.25) is 0 Å². The minimum Gasteiger partial charge on any atom is -0.302 e. The molecule has 2 rings (SSSR count). The molecule has 104 valence electrons. The summed E-state index contributed by atoms with van der Waals surface area (Å²) in [5, 5.41) is 1.11. The molecule has 4 heteroatoms. The molecule has 0 aromatic carbocycles. The molecule has 1 aromatic rings. The molecule has 0 amide bonds. The summed E-state index contributed by atoms with van der Waals surface area (Å²) in [6.45, 7) is 4.31. The molecular weight excluding hydrogens is 254 g/mol. The van der Waals surface area contributed by atoms with Gasteiger partial charge in [0.15, 0.2) is 0 Å². The zero-order chi connectivity index (χ0) is 13.5. The SMILES string of the molecule is CCCCCSc1nccnc1C1C=CCN(C)C1. The Morgan fingerprint density at radius 3 is 2.95 bits per heavy atom. The van der Waals surface area contributed by atoms with Gasteiger partial charge in [0, 0.05) is 31.4 Å². The smallest absolute Gasteiger partial charge is 0.118 e. The van der Waals surface area contributed by atoms with Gasteiger partial charge in [-0.05, 0) is 19.2 Å². The molecule has 19 heavy (non-hydrogen) atoms. The number of aromatic nitrogens is 2. The van der Waals surface area contributed by atoms with Gasteiger partial charge in [0.1, 0.15) is 5.03 Å². The standard InChI is InChI=1S/C15H23N3S/c1-3-4-5-11-19-15-14(16-8-9-17-15)13-7-6-10-18(2)12-13/h6-9,13H,3-5,10-12H2,1-2H3. The average Bonchev–Trinajstić information content (AvgIpc) is 2.44. The van der Waals surface area contributed by atoms with Crippen LogP contribution in [-0.4, -0.2) is 40.8 Å². The van der Waals surface area contributed by atoms with E-state index in [0.29, 0.717) is 5.92 Å². The summed E-state index contributed by atoms with van der Waals surface area (Å²) in [7, 11) is 2.15. The second-order valence-corrected chi connectivity index (χ2v) is 6.14. The molecule has 0 radical (unpaired) electrons. The van der Waals surface area contributed by atoms with Crippen LogP contribution in [-0.2, 0) is 0 Å². The maximum absolute atomic E-state index is 4.57. The third kappa shape index (κ3) is 4.32. The maximum atomic E-state index is 4.57. The van der Waals surface area contributed by atoms with Crippen LogP contribution in [0.3, 0.4) is 0 Å². The van der Waals surface area contributed by atoms with E-state index in [-0.39, 0.29) is 0 Å². The van der Waals surface area contributed by atoms with E-state index in [1.165, 1.54) is 19.3 Å². The lowest BCUT2D eigenvalue weighted by molar-refractivity contribution is 0.341. The number of likely N-dealkylation sites (N-methyl/N-ethyl adjacent to an activating group) is 1. The Labute approximate surface area is 120 Å². The molecule has 0 N–H and O–H groups in total. The van der Waals surface area contributed by atoms with E-state index in [0.717, 1.165) is 29.6 Å². The van der Waals surface area contributed by atoms with E-state index in [1.807, 2.05) is 24.2 Å².